The topological polar surface area (TPSA) is 88.5 Å². The number of urea groups is 1. The highest BCUT2D eigenvalue weighted by Gasteiger charge is 2.52. The van der Waals surface area contributed by atoms with Gasteiger partial charge in [-0.2, -0.15) is 0 Å². The Kier molecular flexibility index (Phi) is 6.17. The predicted molar refractivity (Wildman–Crippen MR) is 124 cm³/mol. The van der Waals surface area contributed by atoms with Crippen LogP contribution < -0.4 is 10.6 Å². The van der Waals surface area contributed by atoms with Crippen molar-refractivity contribution in [2.45, 2.75) is 38.3 Å². The van der Waals surface area contributed by atoms with Crippen LogP contribution in [-0.4, -0.2) is 53.4 Å². The van der Waals surface area contributed by atoms with Crippen LogP contribution in [-0.2, 0) is 10.3 Å². The van der Waals surface area contributed by atoms with E-state index in [2.05, 4.69) is 10.6 Å². The van der Waals surface area contributed by atoms with Gasteiger partial charge in [0, 0.05) is 25.7 Å². The monoisotopic (exact) mass is 433 g/mol. The molecule has 2 aliphatic heterocycles. The number of hydrogen-bond acceptors (Lipinski definition) is 3. The lowest BCUT2D eigenvalue weighted by molar-refractivity contribution is -0.130. The zero-order valence-electron chi connectivity index (χ0n) is 18.7. The molecule has 7 heteroatoms. The number of hydrogen-bond donors (Lipinski definition) is 3. The average Bonchev–Trinajstić information content (AvgIpc) is 3.06. The molecule has 0 unspecified atom stereocenters. The minimum atomic E-state index is -1.10. The second-order valence-corrected chi connectivity index (χ2v) is 8.91. The first kappa shape index (κ1) is 21.9. The second-order valence-electron chi connectivity index (χ2n) is 8.91. The highest BCUT2D eigenvalue weighted by Crippen LogP contribution is 2.36. The maximum atomic E-state index is 13.9. The molecule has 2 heterocycles. The molecule has 32 heavy (non-hydrogen) atoms. The SMILES string of the molecule is CC(C)NC(=O)N1CCC(CN2C(=N)NC(c3ccccc3)(c3ccccc3)C2=O)CC1. The molecule has 2 aromatic rings. The minimum Gasteiger partial charge on any atom is -0.336 e. The summed E-state index contributed by atoms with van der Waals surface area (Å²) in [4.78, 5) is 29.5. The molecule has 0 radical (unpaired) electrons. The Morgan fingerprint density at radius 2 is 1.59 bits per heavy atom. The Bertz CT molecular complexity index is 929. The van der Waals surface area contributed by atoms with Crippen LogP contribution in [0.25, 0.3) is 0 Å². The highest BCUT2D eigenvalue weighted by atomic mass is 16.2. The van der Waals surface area contributed by atoms with E-state index in [1.165, 1.54) is 0 Å². The van der Waals surface area contributed by atoms with Crippen molar-refractivity contribution in [3.63, 3.8) is 0 Å². The fraction of sp³-hybridized carbons (Fsp3) is 0.400. The molecule has 2 saturated heterocycles. The third-order valence-corrected chi connectivity index (χ3v) is 6.31. The number of amides is 3. The van der Waals surface area contributed by atoms with E-state index >= 15 is 0 Å². The normalized spacial score (nSPS) is 18.7. The molecule has 0 bridgehead atoms. The lowest BCUT2D eigenvalue weighted by atomic mass is 9.82. The third kappa shape index (κ3) is 4.07. The van der Waals surface area contributed by atoms with Crippen LogP contribution in [0, 0.1) is 11.3 Å². The summed E-state index contributed by atoms with van der Waals surface area (Å²) in [5.74, 6) is 0.245. The molecule has 2 aliphatic rings. The van der Waals surface area contributed by atoms with Gasteiger partial charge in [0.2, 0.25) is 0 Å². The summed E-state index contributed by atoms with van der Waals surface area (Å²) in [5, 5.41) is 14.8. The average molecular weight is 434 g/mol. The van der Waals surface area contributed by atoms with Gasteiger partial charge in [-0.15, -0.1) is 0 Å². The summed E-state index contributed by atoms with van der Waals surface area (Å²) in [6, 6.07) is 19.3. The van der Waals surface area contributed by atoms with Crippen LogP contribution in [0.1, 0.15) is 37.8 Å². The number of carbonyl (C=O) groups excluding carboxylic acids is 2. The molecule has 0 saturated carbocycles. The Labute approximate surface area is 189 Å². The smallest absolute Gasteiger partial charge is 0.317 e. The van der Waals surface area contributed by atoms with Crippen molar-refractivity contribution in [3.05, 3.63) is 71.8 Å². The van der Waals surface area contributed by atoms with Gasteiger partial charge >= 0.3 is 6.03 Å². The fourth-order valence-electron chi connectivity index (χ4n) is 4.63. The third-order valence-electron chi connectivity index (χ3n) is 6.31. The van der Waals surface area contributed by atoms with Crippen molar-refractivity contribution < 1.29 is 9.59 Å². The van der Waals surface area contributed by atoms with E-state index in [-0.39, 0.29) is 29.9 Å². The maximum Gasteiger partial charge on any atom is 0.317 e. The Morgan fingerprint density at radius 3 is 2.09 bits per heavy atom. The van der Waals surface area contributed by atoms with Crippen molar-refractivity contribution in [3.8, 4) is 0 Å². The molecule has 2 fully saturated rings. The number of piperidine rings is 1. The van der Waals surface area contributed by atoms with Crippen molar-refractivity contribution in [1.29, 1.82) is 5.41 Å². The first-order chi connectivity index (χ1) is 15.4. The standard InChI is InChI=1S/C25H31N5O2/c1-18(2)27-24(32)29-15-13-19(14-16-29)17-30-22(31)25(28-23(30)26,20-9-5-3-6-10-20)21-11-7-4-8-12-21/h3-12,18-19H,13-17H2,1-2H3,(H2,26,28)(H,27,32). The van der Waals surface area contributed by atoms with E-state index in [9.17, 15) is 9.59 Å². The summed E-state index contributed by atoms with van der Waals surface area (Å²) in [5.41, 5.74) is 0.546. The summed E-state index contributed by atoms with van der Waals surface area (Å²) in [6.07, 6.45) is 1.62. The summed E-state index contributed by atoms with van der Waals surface area (Å²) in [6.45, 7) is 5.71. The quantitative estimate of drug-likeness (QED) is 0.677. The summed E-state index contributed by atoms with van der Waals surface area (Å²) in [7, 11) is 0. The van der Waals surface area contributed by atoms with Gasteiger partial charge in [-0.1, -0.05) is 60.7 Å². The molecule has 0 spiro atoms. The molecule has 2 aromatic carbocycles. The number of guanidine groups is 1. The van der Waals surface area contributed by atoms with Crippen molar-refractivity contribution in [1.82, 2.24) is 20.4 Å². The van der Waals surface area contributed by atoms with Crippen LogP contribution in [0.15, 0.2) is 60.7 Å². The lowest BCUT2D eigenvalue weighted by Gasteiger charge is -2.34. The minimum absolute atomic E-state index is 0.0303. The van der Waals surface area contributed by atoms with E-state index in [0.717, 1.165) is 24.0 Å². The zero-order chi connectivity index (χ0) is 22.7. The highest BCUT2D eigenvalue weighted by molar-refractivity contribution is 6.10. The first-order valence-electron chi connectivity index (χ1n) is 11.3. The lowest BCUT2D eigenvalue weighted by Crippen LogP contribution is -2.48. The van der Waals surface area contributed by atoms with Gasteiger partial charge in [-0.25, -0.2) is 4.79 Å². The number of likely N-dealkylation sites (tertiary alicyclic amines) is 1. The molecule has 0 aromatic heterocycles. The van der Waals surface area contributed by atoms with Crippen LogP contribution in [0.2, 0.25) is 0 Å². The number of rotatable bonds is 5. The van der Waals surface area contributed by atoms with E-state index in [1.807, 2.05) is 79.4 Å². The van der Waals surface area contributed by atoms with Gasteiger partial charge < -0.3 is 15.5 Å². The summed E-state index contributed by atoms with van der Waals surface area (Å²) >= 11 is 0. The summed E-state index contributed by atoms with van der Waals surface area (Å²) < 4.78 is 0. The van der Waals surface area contributed by atoms with Crippen LogP contribution >= 0.6 is 0 Å². The fourth-order valence-corrected chi connectivity index (χ4v) is 4.63. The molecule has 4 rings (SSSR count). The van der Waals surface area contributed by atoms with Crippen molar-refractivity contribution in [2.75, 3.05) is 19.6 Å². The molecule has 7 nitrogen and oxygen atoms in total. The van der Waals surface area contributed by atoms with Crippen molar-refractivity contribution in [2.24, 2.45) is 5.92 Å². The van der Waals surface area contributed by atoms with Gasteiger partial charge in [0.15, 0.2) is 11.5 Å². The molecular formula is C25H31N5O2. The molecule has 0 atom stereocenters. The number of nitrogens with one attached hydrogen (secondary N) is 3. The first-order valence-corrected chi connectivity index (χ1v) is 11.3. The molecule has 3 amide bonds. The van der Waals surface area contributed by atoms with Gasteiger partial charge in [0.05, 0.1) is 0 Å². The molecule has 168 valence electrons. The molecular weight excluding hydrogens is 402 g/mol. The maximum absolute atomic E-state index is 13.9. The van der Waals surface area contributed by atoms with E-state index in [4.69, 9.17) is 5.41 Å². The second kappa shape index (κ2) is 9.02. The zero-order valence-corrected chi connectivity index (χ0v) is 18.7. The van der Waals surface area contributed by atoms with Gasteiger partial charge in [-0.3, -0.25) is 15.1 Å². The number of nitrogens with zero attached hydrogens (tertiary/aromatic N) is 2. The van der Waals surface area contributed by atoms with Gasteiger partial charge in [-0.05, 0) is 43.7 Å². The Morgan fingerprint density at radius 1 is 1.06 bits per heavy atom. The van der Waals surface area contributed by atoms with Crippen LogP contribution in [0.3, 0.4) is 0 Å². The van der Waals surface area contributed by atoms with Crippen molar-refractivity contribution >= 4 is 17.9 Å². The van der Waals surface area contributed by atoms with E-state index in [0.29, 0.717) is 19.6 Å². The van der Waals surface area contributed by atoms with Gasteiger partial charge in [0.25, 0.3) is 5.91 Å². The van der Waals surface area contributed by atoms with Crippen LogP contribution in [0.4, 0.5) is 4.79 Å². The largest absolute Gasteiger partial charge is 0.336 e. The number of benzene rings is 2. The Hall–Kier alpha value is -3.35. The molecule has 0 aliphatic carbocycles. The number of carbonyl (C=O) groups is 2. The van der Waals surface area contributed by atoms with E-state index in [1.54, 1.807) is 4.90 Å². The molecule has 3 N–H and O–H groups in total. The van der Waals surface area contributed by atoms with Gasteiger partial charge in [0.1, 0.15) is 0 Å². The predicted octanol–water partition coefficient (Wildman–Crippen LogP) is 3.13. The Balaban J connectivity index is 1.52. The van der Waals surface area contributed by atoms with E-state index < -0.39 is 5.54 Å². The van der Waals surface area contributed by atoms with Crippen LogP contribution in [0.5, 0.6) is 0 Å².